The summed E-state index contributed by atoms with van der Waals surface area (Å²) in [6, 6.07) is 8.99. The third-order valence-corrected chi connectivity index (χ3v) is 6.91. The molecule has 2 heterocycles. The molecule has 2 aliphatic heterocycles. The fourth-order valence-electron chi connectivity index (χ4n) is 3.88. The molecule has 1 unspecified atom stereocenters. The number of rotatable bonds is 5. The highest BCUT2D eigenvalue weighted by molar-refractivity contribution is 7.90. The summed E-state index contributed by atoms with van der Waals surface area (Å²) in [5.41, 5.74) is 2.44. The second-order valence-electron chi connectivity index (χ2n) is 8.36. The lowest BCUT2D eigenvalue weighted by Crippen LogP contribution is -2.32. The Hall–Kier alpha value is -2.63. The normalized spacial score (nSPS) is 19.6. The van der Waals surface area contributed by atoms with E-state index in [-0.39, 0.29) is 35.4 Å². The van der Waals surface area contributed by atoms with E-state index in [2.05, 4.69) is 0 Å². The molecule has 2 aromatic carbocycles. The summed E-state index contributed by atoms with van der Waals surface area (Å²) in [5, 5.41) is 0. The van der Waals surface area contributed by atoms with Crippen molar-refractivity contribution in [3.63, 3.8) is 0 Å². The van der Waals surface area contributed by atoms with E-state index >= 15 is 0 Å². The molecule has 11 heteroatoms. The number of ether oxygens (including phenoxy) is 3. The molecule has 0 bridgehead atoms. The summed E-state index contributed by atoms with van der Waals surface area (Å²) in [7, 11) is -3.70. The maximum atomic E-state index is 13.4. The minimum Gasteiger partial charge on any atom is -0.480 e. The van der Waals surface area contributed by atoms with Gasteiger partial charge in [-0.1, -0.05) is 18.2 Å². The second-order valence-corrected chi connectivity index (χ2v) is 10.4. The molecule has 2 aliphatic rings. The molecule has 4 rings (SSSR count). The predicted octanol–water partition coefficient (Wildman–Crippen LogP) is 3.66. The van der Waals surface area contributed by atoms with Gasteiger partial charge >= 0.3 is 6.18 Å². The first-order chi connectivity index (χ1) is 15.9. The first-order valence-corrected chi connectivity index (χ1v) is 12.5. The van der Waals surface area contributed by atoms with Crippen molar-refractivity contribution in [3.05, 3.63) is 58.7 Å². The number of nitrogens with zero attached hydrogens (tertiary/aromatic N) is 1. The van der Waals surface area contributed by atoms with E-state index in [0.29, 0.717) is 19.8 Å². The molecule has 0 spiro atoms. The van der Waals surface area contributed by atoms with Gasteiger partial charge in [0.25, 0.3) is 5.91 Å². The molecule has 34 heavy (non-hydrogen) atoms. The number of alkyl halides is 3. The van der Waals surface area contributed by atoms with Gasteiger partial charge in [-0.25, -0.2) is 8.42 Å². The third-order valence-electron chi connectivity index (χ3n) is 5.80. The van der Waals surface area contributed by atoms with Crippen LogP contribution in [-0.2, 0) is 32.4 Å². The highest BCUT2D eigenvalue weighted by Gasteiger charge is 2.39. The number of sulfone groups is 1. The molecule has 1 amide bonds. The quantitative estimate of drug-likeness (QED) is 0.625. The number of carbonyl (C=O) groups is 1. The number of hydrogen-bond donors (Lipinski definition) is 0. The molecule has 184 valence electrons. The van der Waals surface area contributed by atoms with Crippen molar-refractivity contribution in [2.24, 2.45) is 0 Å². The number of amides is 1. The lowest BCUT2D eigenvalue weighted by atomic mass is 10.0. The molecule has 2 atom stereocenters. The maximum absolute atomic E-state index is 13.4. The molecule has 0 aliphatic carbocycles. The summed E-state index contributed by atoms with van der Waals surface area (Å²) < 4.78 is 79.5. The van der Waals surface area contributed by atoms with Crippen LogP contribution in [0.3, 0.4) is 0 Å². The van der Waals surface area contributed by atoms with E-state index in [4.69, 9.17) is 14.2 Å². The van der Waals surface area contributed by atoms with Crippen LogP contribution in [0.2, 0.25) is 0 Å². The largest absolute Gasteiger partial charge is 0.480 e. The second kappa shape index (κ2) is 9.20. The first kappa shape index (κ1) is 24.5. The topological polar surface area (TPSA) is 82.1 Å². The fraction of sp³-hybridized carbons (Fsp3) is 0.435. The van der Waals surface area contributed by atoms with Crippen molar-refractivity contribution in [2.45, 2.75) is 43.3 Å². The smallest absolute Gasteiger partial charge is 0.425 e. The van der Waals surface area contributed by atoms with Crippen LogP contribution < -0.4 is 4.74 Å². The number of benzene rings is 2. The Labute approximate surface area is 195 Å². The lowest BCUT2D eigenvalue weighted by molar-refractivity contribution is -0.189. The van der Waals surface area contributed by atoms with Gasteiger partial charge in [0.1, 0.15) is 11.9 Å². The molecule has 0 aromatic heterocycles. The Balaban J connectivity index is 1.61. The van der Waals surface area contributed by atoms with E-state index in [1.165, 1.54) is 4.90 Å². The first-order valence-electron chi connectivity index (χ1n) is 10.6. The van der Waals surface area contributed by atoms with Gasteiger partial charge in [-0.3, -0.25) is 4.79 Å². The molecule has 0 N–H and O–H groups in total. The van der Waals surface area contributed by atoms with Crippen LogP contribution in [0.15, 0.2) is 41.3 Å². The van der Waals surface area contributed by atoms with E-state index in [0.717, 1.165) is 48.1 Å². The van der Waals surface area contributed by atoms with Gasteiger partial charge < -0.3 is 19.1 Å². The number of fused-ring (bicyclic) bond motifs is 1. The average Bonchev–Trinajstić information content (AvgIpc) is 3.21. The standard InChI is InChI=1S/C23H24F3NO6S/c1-14(23(24,25)26)33-20-6-5-18(34(2,29)30)10-19(20)22(28)27-11-16-4-3-15(9-17(16)12-27)21-13-31-7-8-32-21/h3-6,9-10,14,21H,7-8,11-13H2,1-2H3/t14-,21?/m0/s1. The fourth-order valence-corrected chi connectivity index (χ4v) is 4.52. The number of carbonyl (C=O) groups excluding carboxylic acids is 1. The van der Waals surface area contributed by atoms with Crippen molar-refractivity contribution < 1.29 is 40.6 Å². The van der Waals surface area contributed by atoms with Gasteiger partial charge in [-0.05, 0) is 41.8 Å². The summed E-state index contributed by atoms with van der Waals surface area (Å²) in [6.45, 7) is 2.72. The highest BCUT2D eigenvalue weighted by Crippen LogP contribution is 2.33. The highest BCUT2D eigenvalue weighted by atomic mass is 32.2. The van der Waals surface area contributed by atoms with Gasteiger partial charge in [0.15, 0.2) is 15.9 Å². The molecule has 1 fully saturated rings. The minimum absolute atomic E-state index is 0.184. The van der Waals surface area contributed by atoms with E-state index < -0.39 is 28.0 Å². The van der Waals surface area contributed by atoms with Crippen molar-refractivity contribution in [1.29, 1.82) is 0 Å². The third kappa shape index (κ3) is 5.21. The van der Waals surface area contributed by atoms with Crippen molar-refractivity contribution in [2.75, 3.05) is 26.1 Å². The molecule has 1 saturated heterocycles. The molecule has 2 aromatic rings. The zero-order chi connectivity index (χ0) is 24.7. The summed E-state index contributed by atoms with van der Waals surface area (Å²) in [4.78, 5) is 14.6. The van der Waals surface area contributed by atoms with Gasteiger partial charge in [-0.15, -0.1) is 0 Å². The van der Waals surface area contributed by atoms with Crippen LogP contribution in [0.4, 0.5) is 13.2 Å². The Bertz CT molecular complexity index is 1190. The van der Waals surface area contributed by atoms with Crippen molar-refractivity contribution in [1.82, 2.24) is 4.90 Å². The van der Waals surface area contributed by atoms with Crippen LogP contribution in [0, 0.1) is 0 Å². The Morgan fingerprint density at radius 3 is 2.50 bits per heavy atom. The predicted molar refractivity (Wildman–Crippen MR) is 115 cm³/mol. The minimum atomic E-state index is -4.65. The van der Waals surface area contributed by atoms with Gasteiger partial charge in [0, 0.05) is 19.3 Å². The number of halogens is 3. The lowest BCUT2D eigenvalue weighted by Gasteiger charge is -2.23. The SMILES string of the molecule is C[C@H](Oc1ccc(S(C)(=O)=O)cc1C(=O)N1Cc2ccc(C3COCCO3)cc2C1)C(F)(F)F. The number of hydrogen-bond acceptors (Lipinski definition) is 6. The van der Waals surface area contributed by atoms with Crippen LogP contribution in [0.5, 0.6) is 5.75 Å². The van der Waals surface area contributed by atoms with E-state index in [9.17, 15) is 26.4 Å². The van der Waals surface area contributed by atoms with Crippen LogP contribution in [0.1, 0.15) is 40.1 Å². The zero-order valence-corrected chi connectivity index (χ0v) is 19.4. The van der Waals surface area contributed by atoms with Gasteiger partial charge in [0.2, 0.25) is 0 Å². The molecule has 0 saturated carbocycles. The Morgan fingerprint density at radius 1 is 1.12 bits per heavy atom. The Morgan fingerprint density at radius 2 is 1.85 bits per heavy atom. The zero-order valence-electron chi connectivity index (χ0n) is 18.6. The van der Waals surface area contributed by atoms with E-state index in [1.807, 2.05) is 18.2 Å². The van der Waals surface area contributed by atoms with Crippen LogP contribution in [-0.4, -0.2) is 57.6 Å². The molecule has 7 nitrogen and oxygen atoms in total. The molecular weight excluding hydrogens is 475 g/mol. The van der Waals surface area contributed by atoms with Crippen LogP contribution in [0.25, 0.3) is 0 Å². The summed E-state index contributed by atoms with van der Waals surface area (Å²) in [6.07, 6.45) is -6.08. The molecular formula is C23H24F3NO6S. The van der Waals surface area contributed by atoms with Gasteiger partial charge in [0.05, 0.1) is 30.3 Å². The monoisotopic (exact) mass is 499 g/mol. The summed E-state index contributed by atoms with van der Waals surface area (Å²) in [5.74, 6) is -0.948. The summed E-state index contributed by atoms with van der Waals surface area (Å²) >= 11 is 0. The maximum Gasteiger partial charge on any atom is 0.425 e. The van der Waals surface area contributed by atoms with Gasteiger partial charge in [-0.2, -0.15) is 13.2 Å². The average molecular weight is 500 g/mol. The molecule has 0 radical (unpaired) electrons. The van der Waals surface area contributed by atoms with Crippen molar-refractivity contribution in [3.8, 4) is 5.75 Å². The Kier molecular flexibility index (Phi) is 6.63. The van der Waals surface area contributed by atoms with Crippen LogP contribution >= 0.6 is 0 Å². The van der Waals surface area contributed by atoms with Crippen molar-refractivity contribution >= 4 is 15.7 Å². The van der Waals surface area contributed by atoms with E-state index in [1.54, 1.807) is 0 Å².